The second-order valence-electron chi connectivity index (χ2n) is 7.40. The molecule has 2 aliphatic rings. The average molecular weight is 401 g/mol. The molecule has 0 spiro atoms. The van der Waals surface area contributed by atoms with Crippen LogP contribution in [0.1, 0.15) is 35.7 Å². The van der Waals surface area contributed by atoms with Crippen molar-refractivity contribution >= 4 is 17.8 Å². The summed E-state index contributed by atoms with van der Waals surface area (Å²) in [4.78, 5) is 30.6. The molecule has 4 heterocycles. The van der Waals surface area contributed by atoms with Gasteiger partial charge in [0, 0.05) is 31.7 Å². The zero-order valence-electron chi connectivity index (χ0n) is 17.0. The average Bonchev–Trinajstić information content (AvgIpc) is 3.39. The van der Waals surface area contributed by atoms with E-state index in [9.17, 15) is 4.79 Å². The van der Waals surface area contributed by atoms with Crippen molar-refractivity contribution in [2.75, 3.05) is 49.2 Å². The maximum absolute atomic E-state index is 12.4. The Labute approximate surface area is 169 Å². The lowest BCUT2D eigenvalue weighted by Crippen LogP contribution is -2.38. The van der Waals surface area contributed by atoms with E-state index < -0.39 is 0 Å². The number of hydrogen-bond donors (Lipinski definition) is 1. The summed E-state index contributed by atoms with van der Waals surface area (Å²) in [6, 6.07) is 0. The Morgan fingerprint density at radius 1 is 1.00 bits per heavy atom. The maximum Gasteiger partial charge on any atom is 0.230 e. The highest BCUT2D eigenvalue weighted by atomic mass is 16.5. The molecule has 4 rings (SSSR count). The summed E-state index contributed by atoms with van der Waals surface area (Å²) in [5.41, 5.74) is 1.56. The quantitative estimate of drug-likeness (QED) is 0.750. The third kappa shape index (κ3) is 4.64. The van der Waals surface area contributed by atoms with Gasteiger partial charge in [-0.05, 0) is 26.7 Å². The minimum atomic E-state index is -0.115. The second-order valence-corrected chi connectivity index (χ2v) is 7.40. The van der Waals surface area contributed by atoms with E-state index in [2.05, 4.69) is 30.2 Å². The van der Waals surface area contributed by atoms with E-state index >= 15 is 0 Å². The van der Waals surface area contributed by atoms with Crippen molar-refractivity contribution in [1.29, 1.82) is 0 Å². The molecule has 29 heavy (non-hydrogen) atoms. The van der Waals surface area contributed by atoms with Gasteiger partial charge in [0.25, 0.3) is 0 Å². The molecule has 2 fully saturated rings. The van der Waals surface area contributed by atoms with Gasteiger partial charge >= 0.3 is 0 Å². The summed E-state index contributed by atoms with van der Waals surface area (Å²) in [6.07, 6.45) is 2.51. The van der Waals surface area contributed by atoms with Crippen LogP contribution < -0.4 is 15.1 Å². The normalized spacial score (nSPS) is 17.0. The first-order chi connectivity index (χ1) is 14.1. The molecule has 2 aromatic rings. The number of morpholine rings is 1. The van der Waals surface area contributed by atoms with Crippen LogP contribution >= 0.6 is 0 Å². The number of nitrogens with zero attached hydrogens (tertiary/aromatic N) is 6. The van der Waals surface area contributed by atoms with Crippen LogP contribution in [0.4, 0.5) is 11.9 Å². The smallest absolute Gasteiger partial charge is 0.230 e. The highest BCUT2D eigenvalue weighted by molar-refractivity contribution is 5.78. The molecule has 1 N–H and O–H groups in total. The summed E-state index contributed by atoms with van der Waals surface area (Å²) in [5.74, 6) is 2.46. The van der Waals surface area contributed by atoms with E-state index in [-0.39, 0.29) is 18.9 Å². The Balaban J connectivity index is 1.47. The number of nitrogens with one attached hydrogen (secondary N) is 1. The molecule has 0 aromatic carbocycles. The Morgan fingerprint density at radius 3 is 2.28 bits per heavy atom. The van der Waals surface area contributed by atoms with E-state index in [1.54, 1.807) is 0 Å². The molecule has 0 atom stereocenters. The SMILES string of the molecule is Cc1noc(C)c1CC(=O)NCc1nc(N2CCCC2)nc(N2CCOCC2)n1. The topological polar surface area (TPSA) is 110 Å². The van der Waals surface area contributed by atoms with Gasteiger partial charge in [-0.2, -0.15) is 15.0 Å². The van der Waals surface area contributed by atoms with Crippen LogP contribution in [0, 0.1) is 13.8 Å². The fraction of sp³-hybridized carbons (Fsp3) is 0.632. The Morgan fingerprint density at radius 2 is 1.66 bits per heavy atom. The van der Waals surface area contributed by atoms with Crippen molar-refractivity contribution in [1.82, 2.24) is 25.4 Å². The number of amides is 1. The minimum absolute atomic E-state index is 0.115. The van der Waals surface area contributed by atoms with Crippen molar-refractivity contribution in [3.63, 3.8) is 0 Å². The molecule has 0 bridgehead atoms. The van der Waals surface area contributed by atoms with Crippen molar-refractivity contribution in [2.24, 2.45) is 0 Å². The molecule has 0 saturated carbocycles. The summed E-state index contributed by atoms with van der Waals surface area (Å²) in [7, 11) is 0. The minimum Gasteiger partial charge on any atom is -0.378 e. The van der Waals surface area contributed by atoms with Gasteiger partial charge in [-0.3, -0.25) is 4.79 Å². The molecule has 2 aromatic heterocycles. The van der Waals surface area contributed by atoms with Crippen LogP contribution in [0.15, 0.2) is 4.52 Å². The molecule has 1 amide bonds. The fourth-order valence-corrected chi connectivity index (χ4v) is 3.59. The zero-order valence-corrected chi connectivity index (χ0v) is 17.0. The van der Waals surface area contributed by atoms with Gasteiger partial charge in [-0.1, -0.05) is 5.16 Å². The van der Waals surface area contributed by atoms with Gasteiger partial charge < -0.3 is 24.4 Å². The van der Waals surface area contributed by atoms with Crippen LogP contribution in [0.3, 0.4) is 0 Å². The van der Waals surface area contributed by atoms with Crippen molar-refractivity contribution < 1.29 is 14.1 Å². The third-order valence-electron chi connectivity index (χ3n) is 5.30. The number of aromatic nitrogens is 4. The Kier molecular flexibility index (Phi) is 5.89. The van der Waals surface area contributed by atoms with Crippen molar-refractivity contribution in [2.45, 2.75) is 39.7 Å². The molecular formula is C19H27N7O3. The molecule has 0 radical (unpaired) electrons. The lowest BCUT2D eigenvalue weighted by molar-refractivity contribution is -0.120. The lowest BCUT2D eigenvalue weighted by atomic mass is 10.1. The van der Waals surface area contributed by atoms with Gasteiger partial charge in [0.1, 0.15) is 5.76 Å². The number of hydrogen-bond acceptors (Lipinski definition) is 9. The van der Waals surface area contributed by atoms with Crippen LogP contribution in [-0.4, -0.2) is 65.4 Å². The summed E-state index contributed by atoms with van der Waals surface area (Å²) in [5, 5.41) is 6.81. The summed E-state index contributed by atoms with van der Waals surface area (Å²) >= 11 is 0. The molecule has 156 valence electrons. The third-order valence-corrected chi connectivity index (χ3v) is 5.30. The van der Waals surface area contributed by atoms with Gasteiger partial charge in [-0.15, -0.1) is 0 Å². The Bertz CT molecular complexity index is 838. The molecule has 0 aliphatic carbocycles. The highest BCUT2D eigenvalue weighted by Gasteiger charge is 2.21. The Hall–Kier alpha value is -2.75. The first-order valence-electron chi connectivity index (χ1n) is 10.1. The van der Waals surface area contributed by atoms with Gasteiger partial charge in [0.15, 0.2) is 5.82 Å². The highest BCUT2D eigenvalue weighted by Crippen LogP contribution is 2.19. The zero-order chi connectivity index (χ0) is 20.2. The molecular weight excluding hydrogens is 374 g/mol. The van der Waals surface area contributed by atoms with E-state index in [1.165, 1.54) is 0 Å². The van der Waals surface area contributed by atoms with Crippen LogP contribution in [0.25, 0.3) is 0 Å². The largest absolute Gasteiger partial charge is 0.378 e. The number of rotatable bonds is 6. The number of aryl methyl sites for hydroxylation is 2. The molecule has 0 unspecified atom stereocenters. The summed E-state index contributed by atoms with van der Waals surface area (Å²) < 4.78 is 10.6. The lowest BCUT2D eigenvalue weighted by Gasteiger charge is -2.28. The molecule has 10 heteroatoms. The predicted molar refractivity (Wildman–Crippen MR) is 106 cm³/mol. The number of carbonyl (C=O) groups is 1. The van der Waals surface area contributed by atoms with E-state index in [0.717, 1.165) is 50.3 Å². The van der Waals surface area contributed by atoms with E-state index in [1.807, 2.05) is 13.8 Å². The predicted octanol–water partition coefficient (Wildman–Crippen LogP) is 0.772. The first-order valence-corrected chi connectivity index (χ1v) is 10.1. The summed E-state index contributed by atoms with van der Waals surface area (Å²) in [6.45, 7) is 8.62. The number of carbonyl (C=O) groups excluding carboxylic acids is 1. The van der Waals surface area contributed by atoms with Gasteiger partial charge in [-0.25, -0.2) is 0 Å². The molecule has 2 saturated heterocycles. The van der Waals surface area contributed by atoms with E-state index in [0.29, 0.717) is 36.7 Å². The van der Waals surface area contributed by atoms with Crippen LogP contribution in [-0.2, 0) is 22.5 Å². The maximum atomic E-state index is 12.4. The molecule has 10 nitrogen and oxygen atoms in total. The van der Waals surface area contributed by atoms with E-state index in [4.69, 9.17) is 14.2 Å². The standard InChI is InChI=1S/C19H27N7O3/c1-13-15(14(2)29-24-13)11-17(27)20-12-16-21-18(25-5-3-4-6-25)23-19(22-16)26-7-9-28-10-8-26/h3-12H2,1-2H3,(H,20,27). The number of ether oxygens (including phenoxy) is 1. The van der Waals surface area contributed by atoms with Gasteiger partial charge in [0.05, 0.1) is 31.9 Å². The van der Waals surface area contributed by atoms with Crippen LogP contribution in [0.5, 0.6) is 0 Å². The second kappa shape index (κ2) is 8.73. The van der Waals surface area contributed by atoms with Crippen molar-refractivity contribution in [3.8, 4) is 0 Å². The molecule has 2 aliphatic heterocycles. The van der Waals surface area contributed by atoms with Gasteiger partial charge in [0.2, 0.25) is 17.8 Å². The number of anilines is 2. The van der Waals surface area contributed by atoms with Crippen molar-refractivity contribution in [3.05, 3.63) is 22.8 Å². The first kappa shape index (κ1) is 19.6. The van der Waals surface area contributed by atoms with Crippen LogP contribution in [0.2, 0.25) is 0 Å². The monoisotopic (exact) mass is 401 g/mol. The fourth-order valence-electron chi connectivity index (χ4n) is 3.59.